The van der Waals surface area contributed by atoms with Crippen molar-refractivity contribution >= 4 is 5.91 Å². The highest BCUT2D eigenvalue weighted by molar-refractivity contribution is 5.78. The van der Waals surface area contributed by atoms with Crippen LogP contribution in [0.4, 0.5) is 0 Å². The standard InChI is InChI=1S/C15H24N4O/c1-11-6-7-19(9-11)10-15(20)16-8-14-12-4-2-3-5-13(12)17-18-14/h11H,2-10H2,1H3,(H,16,20)(H,17,18). The van der Waals surface area contributed by atoms with E-state index in [0.717, 1.165) is 37.5 Å². The minimum Gasteiger partial charge on any atom is -0.349 e. The monoisotopic (exact) mass is 276 g/mol. The fraction of sp³-hybridized carbons (Fsp3) is 0.733. The number of carbonyl (C=O) groups excluding carboxylic acids is 1. The van der Waals surface area contributed by atoms with Gasteiger partial charge in [-0.1, -0.05) is 6.92 Å². The molecule has 0 aromatic carbocycles. The van der Waals surface area contributed by atoms with Crippen LogP contribution in [-0.4, -0.2) is 40.6 Å². The normalized spacial score (nSPS) is 22.8. The molecule has 1 unspecified atom stereocenters. The number of aromatic nitrogens is 2. The van der Waals surface area contributed by atoms with Gasteiger partial charge in [-0.2, -0.15) is 5.10 Å². The molecule has 2 heterocycles. The number of carbonyl (C=O) groups is 1. The van der Waals surface area contributed by atoms with Gasteiger partial charge in [0, 0.05) is 12.2 Å². The van der Waals surface area contributed by atoms with Crippen LogP contribution in [0.15, 0.2) is 0 Å². The van der Waals surface area contributed by atoms with Gasteiger partial charge in [0.05, 0.1) is 18.8 Å². The van der Waals surface area contributed by atoms with Gasteiger partial charge >= 0.3 is 0 Å². The summed E-state index contributed by atoms with van der Waals surface area (Å²) in [6.07, 6.45) is 5.88. The molecule has 2 aliphatic rings. The SMILES string of the molecule is CC1CCN(CC(=O)NCc2n[nH]c3c2CCCC3)C1. The molecule has 5 heteroatoms. The van der Waals surface area contributed by atoms with Crippen molar-refractivity contribution in [3.63, 3.8) is 0 Å². The molecule has 0 spiro atoms. The summed E-state index contributed by atoms with van der Waals surface area (Å²) in [5, 5.41) is 10.5. The number of nitrogens with zero attached hydrogens (tertiary/aromatic N) is 2. The third-order valence-corrected chi connectivity index (χ3v) is 4.47. The number of hydrogen-bond acceptors (Lipinski definition) is 3. The Balaban J connectivity index is 1.49. The van der Waals surface area contributed by atoms with E-state index in [1.54, 1.807) is 0 Å². The van der Waals surface area contributed by atoms with Gasteiger partial charge in [-0.15, -0.1) is 0 Å². The van der Waals surface area contributed by atoms with Crippen LogP contribution in [0, 0.1) is 5.92 Å². The first-order valence-corrected chi connectivity index (χ1v) is 7.76. The second-order valence-corrected chi connectivity index (χ2v) is 6.24. The lowest BCUT2D eigenvalue weighted by Gasteiger charge is -2.15. The number of aryl methyl sites for hydroxylation is 1. The summed E-state index contributed by atoms with van der Waals surface area (Å²) in [5.74, 6) is 0.841. The predicted molar refractivity (Wildman–Crippen MR) is 77.3 cm³/mol. The summed E-state index contributed by atoms with van der Waals surface area (Å²) < 4.78 is 0. The Hall–Kier alpha value is -1.36. The summed E-state index contributed by atoms with van der Waals surface area (Å²) >= 11 is 0. The molecule has 110 valence electrons. The van der Waals surface area contributed by atoms with Crippen molar-refractivity contribution in [1.82, 2.24) is 20.4 Å². The molecule has 1 aromatic heterocycles. The largest absolute Gasteiger partial charge is 0.349 e. The van der Waals surface area contributed by atoms with Crippen LogP contribution in [-0.2, 0) is 24.2 Å². The van der Waals surface area contributed by atoms with Gasteiger partial charge in [0.25, 0.3) is 0 Å². The van der Waals surface area contributed by atoms with E-state index >= 15 is 0 Å². The predicted octanol–water partition coefficient (Wildman–Crippen LogP) is 1.25. The minimum absolute atomic E-state index is 0.117. The van der Waals surface area contributed by atoms with Gasteiger partial charge in [-0.05, 0) is 50.1 Å². The summed E-state index contributed by atoms with van der Waals surface area (Å²) in [6, 6.07) is 0. The van der Waals surface area contributed by atoms with Crippen LogP contribution in [0.2, 0.25) is 0 Å². The zero-order valence-electron chi connectivity index (χ0n) is 12.2. The molecule has 0 bridgehead atoms. The van der Waals surface area contributed by atoms with Crippen LogP contribution in [0.1, 0.15) is 43.1 Å². The third kappa shape index (κ3) is 3.03. The van der Waals surface area contributed by atoms with Gasteiger partial charge in [0.1, 0.15) is 0 Å². The van der Waals surface area contributed by atoms with E-state index < -0.39 is 0 Å². The van der Waals surface area contributed by atoms with Crippen molar-refractivity contribution in [2.75, 3.05) is 19.6 Å². The molecule has 20 heavy (non-hydrogen) atoms. The zero-order chi connectivity index (χ0) is 13.9. The van der Waals surface area contributed by atoms with Gasteiger partial charge in [0.15, 0.2) is 0 Å². The van der Waals surface area contributed by atoms with Gasteiger partial charge in [-0.25, -0.2) is 0 Å². The molecule has 1 aromatic rings. The number of fused-ring (bicyclic) bond motifs is 1. The fourth-order valence-electron chi connectivity index (χ4n) is 3.31. The molecule has 1 amide bonds. The maximum atomic E-state index is 12.0. The zero-order valence-corrected chi connectivity index (χ0v) is 12.2. The molecule has 0 radical (unpaired) electrons. The van der Waals surface area contributed by atoms with Crippen molar-refractivity contribution < 1.29 is 4.79 Å². The van der Waals surface area contributed by atoms with Crippen molar-refractivity contribution in [1.29, 1.82) is 0 Å². The van der Waals surface area contributed by atoms with Crippen molar-refractivity contribution in [3.05, 3.63) is 17.0 Å². The lowest BCUT2D eigenvalue weighted by molar-refractivity contribution is -0.122. The topological polar surface area (TPSA) is 61.0 Å². The van der Waals surface area contributed by atoms with E-state index in [1.807, 2.05) is 0 Å². The third-order valence-electron chi connectivity index (χ3n) is 4.47. The molecule has 2 N–H and O–H groups in total. The molecule has 1 aliphatic heterocycles. The van der Waals surface area contributed by atoms with Crippen LogP contribution >= 0.6 is 0 Å². The summed E-state index contributed by atoms with van der Waals surface area (Å²) in [5.41, 5.74) is 3.64. The molecular weight excluding hydrogens is 252 g/mol. The Kier molecular flexibility index (Phi) is 4.05. The number of likely N-dealkylation sites (tertiary alicyclic amines) is 1. The van der Waals surface area contributed by atoms with Crippen LogP contribution in [0.5, 0.6) is 0 Å². The van der Waals surface area contributed by atoms with Gasteiger partial charge < -0.3 is 5.32 Å². The highest BCUT2D eigenvalue weighted by Crippen LogP contribution is 2.21. The number of hydrogen-bond donors (Lipinski definition) is 2. The number of aromatic amines is 1. The lowest BCUT2D eigenvalue weighted by atomic mass is 9.96. The van der Waals surface area contributed by atoms with E-state index in [-0.39, 0.29) is 5.91 Å². The summed E-state index contributed by atoms with van der Waals surface area (Å²) in [7, 11) is 0. The number of amides is 1. The molecule has 1 fully saturated rings. The highest BCUT2D eigenvalue weighted by Gasteiger charge is 2.21. The molecule has 1 atom stereocenters. The van der Waals surface area contributed by atoms with Gasteiger partial charge in [0.2, 0.25) is 5.91 Å². The quantitative estimate of drug-likeness (QED) is 0.870. The van der Waals surface area contributed by atoms with Gasteiger partial charge in [-0.3, -0.25) is 14.8 Å². The van der Waals surface area contributed by atoms with Crippen LogP contribution in [0.25, 0.3) is 0 Å². The Morgan fingerprint density at radius 1 is 1.45 bits per heavy atom. The molecular formula is C15H24N4O. The van der Waals surface area contributed by atoms with E-state index in [1.165, 1.54) is 30.5 Å². The molecule has 0 saturated carbocycles. The summed E-state index contributed by atoms with van der Waals surface area (Å²) in [4.78, 5) is 14.2. The van der Waals surface area contributed by atoms with E-state index in [2.05, 4.69) is 27.3 Å². The first kappa shape index (κ1) is 13.6. The summed E-state index contributed by atoms with van der Waals surface area (Å²) in [6.45, 7) is 5.43. The van der Waals surface area contributed by atoms with Crippen molar-refractivity contribution in [2.24, 2.45) is 5.92 Å². The Bertz CT molecular complexity index is 482. The first-order valence-electron chi connectivity index (χ1n) is 7.76. The van der Waals surface area contributed by atoms with Crippen molar-refractivity contribution in [3.8, 4) is 0 Å². The smallest absolute Gasteiger partial charge is 0.234 e. The molecule has 3 rings (SSSR count). The van der Waals surface area contributed by atoms with Crippen LogP contribution < -0.4 is 5.32 Å². The number of nitrogens with one attached hydrogen (secondary N) is 2. The lowest BCUT2D eigenvalue weighted by Crippen LogP contribution is -2.35. The Labute approximate surface area is 120 Å². The van der Waals surface area contributed by atoms with Crippen LogP contribution in [0.3, 0.4) is 0 Å². The number of H-pyrrole nitrogens is 1. The fourth-order valence-corrected chi connectivity index (χ4v) is 3.31. The second kappa shape index (κ2) is 5.95. The average molecular weight is 276 g/mol. The molecule has 5 nitrogen and oxygen atoms in total. The Morgan fingerprint density at radius 3 is 3.10 bits per heavy atom. The Morgan fingerprint density at radius 2 is 2.30 bits per heavy atom. The number of rotatable bonds is 4. The second-order valence-electron chi connectivity index (χ2n) is 6.24. The van der Waals surface area contributed by atoms with E-state index in [9.17, 15) is 4.79 Å². The van der Waals surface area contributed by atoms with Crippen molar-refractivity contribution in [2.45, 2.75) is 45.6 Å². The average Bonchev–Trinajstić information content (AvgIpc) is 3.03. The van der Waals surface area contributed by atoms with E-state index in [4.69, 9.17) is 0 Å². The maximum Gasteiger partial charge on any atom is 0.234 e. The highest BCUT2D eigenvalue weighted by atomic mass is 16.2. The first-order chi connectivity index (χ1) is 9.72. The van der Waals surface area contributed by atoms with E-state index in [0.29, 0.717) is 13.1 Å². The molecule has 1 saturated heterocycles. The molecule has 1 aliphatic carbocycles. The maximum absolute atomic E-state index is 12.0. The minimum atomic E-state index is 0.117.